The lowest BCUT2D eigenvalue weighted by Crippen LogP contribution is -2.55. The van der Waals surface area contributed by atoms with Crippen LogP contribution in [-0.2, 0) is 14.8 Å². The van der Waals surface area contributed by atoms with Crippen LogP contribution in [0, 0.1) is 0 Å². The van der Waals surface area contributed by atoms with Crippen LogP contribution >= 0.6 is 27.5 Å². The average molecular weight is 383 g/mol. The lowest BCUT2D eigenvalue weighted by molar-refractivity contribution is -0.107. The van der Waals surface area contributed by atoms with Crippen LogP contribution in [0.3, 0.4) is 0 Å². The molecule has 20 heavy (non-hydrogen) atoms. The van der Waals surface area contributed by atoms with E-state index in [0.29, 0.717) is 6.54 Å². The molecule has 2 rings (SSSR count). The third-order valence-electron chi connectivity index (χ3n) is 3.07. The molecule has 1 unspecified atom stereocenters. The lowest BCUT2D eigenvalue weighted by Gasteiger charge is -2.41. The van der Waals surface area contributed by atoms with Crippen molar-refractivity contribution in [1.82, 2.24) is 4.31 Å². The van der Waals surface area contributed by atoms with E-state index in [0.717, 1.165) is 4.47 Å². The second-order valence-electron chi connectivity index (χ2n) is 5.41. The van der Waals surface area contributed by atoms with Crippen molar-refractivity contribution >= 4 is 37.6 Å². The van der Waals surface area contributed by atoms with Crippen molar-refractivity contribution < 1.29 is 13.2 Å². The normalized spacial score (nSPS) is 23.7. The van der Waals surface area contributed by atoms with E-state index < -0.39 is 15.6 Å². The van der Waals surface area contributed by atoms with Gasteiger partial charge in [0.15, 0.2) is 0 Å². The van der Waals surface area contributed by atoms with Crippen LogP contribution in [0.5, 0.6) is 0 Å². The average Bonchev–Trinajstić information content (AvgIpc) is 2.37. The minimum absolute atomic E-state index is 0.274. The molecule has 0 aliphatic carbocycles. The van der Waals surface area contributed by atoms with Crippen LogP contribution in [0.2, 0.25) is 0 Å². The maximum atomic E-state index is 12.7. The largest absolute Gasteiger partial charge is 0.368 e. The van der Waals surface area contributed by atoms with Gasteiger partial charge in [0, 0.05) is 23.4 Å². The van der Waals surface area contributed by atoms with Crippen molar-refractivity contribution in [2.75, 3.05) is 19.0 Å². The first-order valence-corrected chi connectivity index (χ1v) is 9.01. The molecule has 0 saturated carbocycles. The van der Waals surface area contributed by atoms with E-state index in [4.69, 9.17) is 16.3 Å². The first-order chi connectivity index (χ1) is 9.24. The zero-order valence-corrected chi connectivity index (χ0v) is 14.5. The second kappa shape index (κ2) is 5.93. The van der Waals surface area contributed by atoms with Gasteiger partial charge in [0.1, 0.15) is 0 Å². The van der Waals surface area contributed by atoms with Crippen molar-refractivity contribution in [2.24, 2.45) is 0 Å². The van der Waals surface area contributed by atoms with Gasteiger partial charge >= 0.3 is 0 Å². The Kier molecular flexibility index (Phi) is 4.81. The summed E-state index contributed by atoms with van der Waals surface area (Å²) in [5, 5.41) is 0. The highest BCUT2D eigenvalue weighted by atomic mass is 79.9. The molecule has 1 aromatic carbocycles. The Bertz CT molecular complexity index is 574. The molecule has 0 bridgehead atoms. The molecule has 7 heteroatoms. The third kappa shape index (κ3) is 3.54. The highest BCUT2D eigenvalue weighted by molar-refractivity contribution is 9.10. The standard InChI is InChI=1S/C13H17BrClNO3S/c1-13(2)9-16(8-11(7-15)19-13)20(17,18)12-5-3-10(14)4-6-12/h3-6,11H,7-9H2,1-2H3. The number of nitrogens with zero attached hydrogens (tertiary/aromatic N) is 1. The lowest BCUT2D eigenvalue weighted by atomic mass is 10.1. The molecule has 1 aromatic rings. The predicted octanol–water partition coefficient (Wildman–Crippen LogP) is 2.86. The van der Waals surface area contributed by atoms with Crippen LogP contribution < -0.4 is 0 Å². The number of sulfonamides is 1. The van der Waals surface area contributed by atoms with Crippen LogP contribution in [0.1, 0.15) is 13.8 Å². The number of hydrogen-bond donors (Lipinski definition) is 0. The molecule has 0 spiro atoms. The van der Waals surface area contributed by atoms with Gasteiger partial charge < -0.3 is 4.74 Å². The van der Waals surface area contributed by atoms with Gasteiger partial charge in [-0.05, 0) is 38.1 Å². The summed E-state index contributed by atoms with van der Waals surface area (Å²) in [7, 11) is -3.52. The molecule has 1 saturated heterocycles. The van der Waals surface area contributed by atoms with E-state index in [1.54, 1.807) is 24.3 Å². The van der Waals surface area contributed by atoms with Gasteiger partial charge in [0.25, 0.3) is 0 Å². The summed E-state index contributed by atoms with van der Waals surface area (Å²) in [5.74, 6) is 0.274. The second-order valence-corrected chi connectivity index (χ2v) is 8.57. The number of halogens is 2. The SMILES string of the molecule is CC1(C)CN(S(=O)(=O)c2ccc(Br)cc2)CC(CCl)O1. The first-order valence-electron chi connectivity index (χ1n) is 6.24. The summed E-state index contributed by atoms with van der Waals surface area (Å²) < 4.78 is 33.4. The molecule has 4 nitrogen and oxygen atoms in total. The van der Waals surface area contributed by atoms with Gasteiger partial charge in [0.2, 0.25) is 10.0 Å². The molecule has 0 amide bonds. The molecule has 1 atom stereocenters. The number of hydrogen-bond acceptors (Lipinski definition) is 3. The maximum Gasteiger partial charge on any atom is 0.243 e. The highest BCUT2D eigenvalue weighted by Crippen LogP contribution is 2.27. The van der Waals surface area contributed by atoms with Gasteiger partial charge in [-0.3, -0.25) is 0 Å². The van der Waals surface area contributed by atoms with Crippen LogP contribution in [0.4, 0.5) is 0 Å². The molecular weight excluding hydrogens is 366 g/mol. The first kappa shape index (κ1) is 16.2. The summed E-state index contributed by atoms with van der Waals surface area (Å²) in [6, 6.07) is 6.63. The summed E-state index contributed by atoms with van der Waals surface area (Å²) in [5.41, 5.74) is -0.541. The molecule has 1 aliphatic rings. The zero-order valence-electron chi connectivity index (χ0n) is 11.3. The van der Waals surface area contributed by atoms with Crippen molar-refractivity contribution in [3.8, 4) is 0 Å². The maximum absolute atomic E-state index is 12.7. The highest BCUT2D eigenvalue weighted by Gasteiger charge is 2.39. The topological polar surface area (TPSA) is 46.6 Å². The van der Waals surface area contributed by atoms with Gasteiger partial charge in [-0.2, -0.15) is 4.31 Å². The smallest absolute Gasteiger partial charge is 0.243 e. The monoisotopic (exact) mass is 381 g/mol. The van der Waals surface area contributed by atoms with Crippen LogP contribution in [-0.4, -0.2) is 43.4 Å². The van der Waals surface area contributed by atoms with Crippen molar-refractivity contribution in [1.29, 1.82) is 0 Å². The fourth-order valence-corrected chi connectivity index (χ4v) is 4.31. The Labute approximate surface area is 133 Å². The van der Waals surface area contributed by atoms with Crippen LogP contribution in [0.25, 0.3) is 0 Å². The minimum atomic E-state index is -3.52. The Morgan fingerprint density at radius 1 is 1.40 bits per heavy atom. The molecule has 1 heterocycles. The van der Waals surface area contributed by atoms with E-state index in [2.05, 4.69) is 15.9 Å². The van der Waals surface area contributed by atoms with E-state index in [-0.39, 0.29) is 23.4 Å². The summed E-state index contributed by atoms with van der Waals surface area (Å²) in [6.45, 7) is 4.34. The molecule has 112 valence electrons. The Morgan fingerprint density at radius 3 is 2.55 bits per heavy atom. The Morgan fingerprint density at radius 2 is 2.00 bits per heavy atom. The minimum Gasteiger partial charge on any atom is -0.368 e. The molecule has 1 aliphatic heterocycles. The number of rotatable bonds is 3. The van der Waals surface area contributed by atoms with E-state index >= 15 is 0 Å². The number of alkyl halides is 1. The van der Waals surface area contributed by atoms with Crippen molar-refractivity contribution in [3.05, 3.63) is 28.7 Å². The third-order valence-corrected chi connectivity index (χ3v) is 5.77. The quantitative estimate of drug-likeness (QED) is 0.755. The number of ether oxygens (including phenoxy) is 1. The summed E-state index contributed by atoms with van der Waals surface area (Å²) in [4.78, 5) is 0.284. The van der Waals surface area contributed by atoms with Gasteiger partial charge in [-0.15, -0.1) is 11.6 Å². The Balaban J connectivity index is 2.31. The van der Waals surface area contributed by atoms with E-state index in [1.165, 1.54) is 4.31 Å². The number of benzene rings is 1. The molecule has 0 N–H and O–H groups in total. The molecule has 1 fully saturated rings. The molecular formula is C13H17BrClNO3S. The van der Waals surface area contributed by atoms with Crippen molar-refractivity contribution in [2.45, 2.75) is 30.4 Å². The van der Waals surface area contributed by atoms with Crippen LogP contribution in [0.15, 0.2) is 33.6 Å². The summed E-state index contributed by atoms with van der Waals surface area (Å²) >= 11 is 9.14. The van der Waals surface area contributed by atoms with E-state index in [9.17, 15) is 8.42 Å². The zero-order chi connectivity index (χ0) is 15.0. The predicted molar refractivity (Wildman–Crippen MR) is 82.6 cm³/mol. The van der Waals surface area contributed by atoms with Gasteiger partial charge in [0.05, 0.1) is 16.6 Å². The fraction of sp³-hybridized carbons (Fsp3) is 0.538. The Hall–Kier alpha value is -0.140. The van der Waals surface area contributed by atoms with E-state index in [1.807, 2.05) is 13.8 Å². The summed E-state index contributed by atoms with van der Waals surface area (Å²) in [6.07, 6.45) is -0.286. The molecule has 0 aromatic heterocycles. The van der Waals surface area contributed by atoms with Crippen molar-refractivity contribution in [3.63, 3.8) is 0 Å². The fourth-order valence-electron chi connectivity index (χ4n) is 2.26. The van der Waals surface area contributed by atoms with Gasteiger partial charge in [-0.25, -0.2) is 8.42 Å². The van der Waals surface area contributed by atoms with Gasteiger partial charge in [-0.1, -0.05) is 15.9 Å². The number of morpholine rings is 1. The molecule has 0 radical (unpaired) electrons.